The second-order valence-electron chi connectivity index (χ2n) is 5.81. The topological polar surface area (TPSA) is 76.1 Å². The van der Waals surface area contributed by atoms with Crippen LogP contribution in [0.4, 0.5) is 11.5 Å². The normalized spacial score (nSPS) is 10.2. The molecule has 0 aliphatic heterocycles. The van der Waals surface area contributed by atoms with Crippen molar-refractivity contribution in [1.29, 1.82) is 0 Å². The minimum atomic E-state index is -0.274. The molecule has 0 bridgehead atoms. The van der Waals surface area contributed by atoms with Crippen LogP contribution in [0.5, 0.6) is 5.75 Å². The van der Waals surface area contributed by atoms with Gasteiger partial charge in [0.1, 0.15) is 23.6 Å². The molecule has 0 spiro atoms. The second kappa shape index (κ2) is 8.11. The molecule has 26 heavy (non-hydrogen) atoms. The molecule has 0 aliphatic rings. The summed E-state index contributed by atoms with van der Waals surface area (Å²) in [6.45, 7) is 2.58. The highest BCUT2D eigenvalue weighted by Gasteiger charge is 2.09. The van der Waals surface area contributed by atoms with Gasteiger partial charge >= 0.3 is 0 Å². The molecule has 0 atom stereocenters. The van der Waals surface area contributed by atoms with E-state index in [2.05, 4.69) is 20.6 Å². The third kappa shape index (κ3) is 4.57. The molecule has 1 amide bonds. The fraction of sp³-hybridized carbons (Fsp3) is 0.150. The Morgan fingerprint density at radius 2 is 1.77 bits per heavy atom. The number of hydrogen-bond donors (Lipinski definition) is 2. The number of ether oxygens (including phenoxy) is 1. The number of carbonyl (C=O) groups excluding carboxylic acids is 1. The molecule has 0 unspecified atom stereocenters. The molecular formula is C20H20N4O2. The predicted molar refractivity (Wildman–Crippen MR) is 101 cm³/mol. The summed E-state index contributed by atoms with van der Waals surface area (Å²) in [7, 11) is 1.64. The van der Waals surface area contributed by atoms with Gasteiger partial charge in [-0.25, -0.2) is 9.97 Å². The van der Waals surface area contributed by atoms with E-state index in [-0.39, 0.29) is 5.91 Å². The van der Waals surface area contributed by atoms with Crippen LogP contribution in [0.25, 0.3) is 0 Å². The number of aromatic nitrogens is 2. The molecular weight excluding hydrogens is 328 g/mol. The van der Waals surface area contributed by atoms with Gasteiger partial charge in [-0.2, -0.15) is 0 Å². The van der Waals surface area contributed by atoms with Crippen molar-refractivity contribution >= 4 is 17.4 Å². The lowest BCUT2D eigenvalue weighted by Crippen LogP contribution is -2.14. The monoisotopic (exact) mass is 348 g/mol. The van der Waals surface area contributed by atoms with E-state index in [1.54, 1.807) is 13.2 Å². The van der Waals surface area contributed by atoms with E-state index in [0.717, 1.165) is 22.6 Å². The lowest BCUT2D eigenvalue weighted by molar-refractivity contribution is 0.102. The number of amides is 1. The van der Waals surface area contributed by atoms with E-state index in [0.29, 0.717) is 18.1 Å². The Labute approximate surface area is 152 Å². The maximum Gasteiger partial charge on any atom is 0.274 e. The number of hydrogen-bond acceptors (Lipinski definition) is 5. The van der Waals surface area contributed by atoms with Gasteiger partial charge in [0.15, 0.2) is 0 Å². The molecule has 1 heterocycles. The fourth-order valence-electron chi connectivity index (χ4n) is 2.35. The van der Waals surface area contributed by atoms with E-state index >= 15 is 0 Å². The van der Waals surface area contributed by atoms with Gasteiger partial charge < -0.3 is 15.4 Å². The zero-order valence-corrected chi connectivity index (χ0v) is 14.7. The Kier molecular flexibility index (Phi) is 5.43. The predicted octanol–water partition coefficient (Wildman–Crippen LogP) is 3.66. The number of anilines is 2. The molecule has 6 nitrogen and oxygen atoms in total. The third-order valence-corrected chi connectivity index (χ3v) is 3.84. The maximum absolute atomic E-state index is 12.4. The molecule has 132 valence electrons. The van der Waals surface area contributed by atoms with Crippen molar-refractivity contribution in [2.75, 3.05) is 17.7 Å². The Bertz CT molecular complexity index is 877. The van der Waals surface area contributed by atoms with Gasteiger partial charge in [-0.1, -0.05) is 29.8 Å². The number of methoxy groups -OCH3 is 1. The number of rotatable bonds is 6. The summed E-state index contributed by atoms with van der Waals surface area (Å²) in [5.41, 5.74) is 3.25. The van der Waals surface area contributed by atoms with Crippen LogP contribution in [0.3, 0.4) is 0 Å². The number of benzene rings is 2. The van der Waals surface area contributed by atoms with Crippen molar-refractivity contribution in [1.82, 2.24) is 9.97 Å². The highest BCUT2D eigenvalue weighted by atomic mass is 16.5. The molecule has 0 aliphatic carbocycles. The SMILES string of the molecule is COc1ccc(CNc2cc(C(=O)Nc3ccc(C)cc3)ncn2)cc1. The molecule has 0 radical (unpaired) electrons. The standard InChI is InChI=1S/C20H20N4O2/c1-14-3-7-16(8-4-14)24-20(25)18-11-19(23-13-22-18)21-12-15-5-9-17(26-2)10-6-15/h3-11,13H,12H2,1-2H3,(H,24,25)(H,21,22,23). The highest BCUT2D eigenvalue weighted by Crippen LogP contribution is 2.14. The Morgan fingerprint density at radius 3 is 2.46 bits per heavy atom. The lowest BCUT2D eigenvalue weighted by atomic mass is 10.2. The van der Waals surface area contributed by atoms with E-state index in [1.165, 1.54) is 6.33 Å². The first-order chi connectivity index (χ1) is 12.6. The van der Waals surface area contributed by atoms with Crippen LogP contribution in [0, 0.1) is 6.92 Å². The first kappa shape index (κ1) is 17.4. The van der Waals surface area contributed by atoms with Gasteiger partial charge in [-0.3, -0.25) is 4.79 Å². The van der Waals surface area contributed by atoms with E-state index in [9.17, 15) is 4.79 Å². The number of nitrogens with one attached hydrogen (secondary N) is 2. The van der Waals surface area contributed by atoms with Crippen LogP contribution >= 0.6 is 0 Å². The van der Waals surface area contributed by atoms with Crippen molar-refractivity contribution in [2.45, 2.75) is 13.5 Å². The molecule has 2 N–H and O–H groups in total. The van der Waals surface area contributed by atoms with Gasteiger partial charge in [0.25, 0.3) is 5.91 Å². The number of aryl methyl sites for hydroxylation is 1. The lowest BCUT2D eigenvalue weighted by Gasteiger charge is -2.08. The molecule has 1 aromatic heterocycles. The first-order valence-electron chi connectivity index (χ1n) is 8.21. The molecule has 0 fully saturated rings. The summed E-state index contributed by atoms with van der Waals surface area (Å²) in [6.07, 6.45) is 1.38. The highest BCUT2D eigenvalue weighted by molar-refractivity contribution is 6.03. The van der Waals surface area contributed by atoms with Crippen molar-refractivity contribution in [3.8, 4) is 5.75 Å². The molecule has 3 rings (SSSR count). The molecule has 2 aromatic carbocycles. The summed E-state index contributed by atoms with van der Waals surface area (Å²) in [5, 5.41) is 6.02. The minimum Gasteiger partial charge on any atom is -0.497 e. The summed E-state index contributed by atoms with van der Waals surface area (Å²) in [5.74, 6) is 1.12. The van der Waals surface area contributed by atoms with Gasteiger partial charge in [0, 0.05) is 18.3 Å². The third-order valence-electron chi connectivity index (χ3n) is 3.84. The summed E-state index contributed by atoms with van der Waals surface area (Å²) < 4.78 is 5.14. The average molecular weight is 348 g/mol. The van der Waals surface area contributed by atoms with Crippen molar-refractivity contribution in [2.24, 2.45) is 0 Å². The molecule has 0 saturated carbocycles. The maximum atomic E-state index is 12.4. The van der Waals surface area contributed by atoms with E-state index in [4.69, 9.17) is 4.74 Å². The summed E-state index contributed by atoms with van der Waals surface area (Å²) >= 11 is 0. The summed E-state index contributed by atoms with van der Waals surface area (Å²) in [4.78, 5) is 20.6. The van der Waals surface area contributed by atoms with Crippen LogP contribution in [-0.2, 0) is 6.54 Å². The largest absolute Gasteiger partial charge is 0.497 e. The number of carbonyl (C=O) groups is 1. The van der Waals surface area contributed by atoms with Crippen molar-refractivity contribution in [3.05, 3.63) is 77.7 Å². The molecule has 6 heteroatoms. The van der Waals surface area contributed by atoms with Crippen LogP contribution in [0.1, 0.15) is 21.6 Å². The fourth-order valence-corrected chi connectivity index (χ4v) is 2.35. The van der Waals surface area contributed by atoms with Crippen LogP contribution in [-0.4, -0.2) is 23.0 Å². The first-order valence-corrected chi connectivity index (χ1v) is 8.21. The van der Waals surface area contributed by atoms with E-state index in [1.807, 2.05) is 55.5 Å². The zero-order valence-electron chi connectivity index (χ0n) is 14.7. The van der Waals surface area contributed by atoms with Crippen molar-refractivity contribution < 1.29 is 9.53 Å². The Morgan fingerprint density at radius 1 is 1.04 bits per heavy atom. The zero-order chi connectivity index (χ0) is 18.4. The molecule has 0 saturated heterocycles. The van der Waals surface area contributed by atoms with E-state index < -0.39 is 0 Å². The average Bonchev–Trinajstić information content (AvgIpc) is 2.69. The molecule has 3 aromatic rings. The summed E-state index contributed by atoms with van der Waals surface area (Å²) in [6, 6.07) is 17.0. The van der Waals surface area contributed by atoms with Gasteiger partial charge in [0.2, 0.25) is 0 Å². The quantitative estimate of drug-likeness (QED) is 0.711. The Hall–Kier alpha value is -3.41. The smallest absolute Gasteiger partial charge is 0.274 e. The minimum absolute atomic E-state index is 0.274. The van der Waals surface area contributed by atoms with Crippen LogP contribution in [0.15, 0.2) is 60.9 Å². The van der Waals surface area contributed by atoms with Crippen LogP contribution in [0.2, 0.25) is 0 Å². The van der Waals surface area contributed by atoms with Crippen molar-refractivity contribution in [3.63, 3.8) is 0 Å². The van der Waals surface area contributed by atoms with Gasteiger partial charge in [0.05, 0.1) is 7.11 Å². The van der Waals surface area contributed by atoms with Crippen LogP contribution < -0.4 is 15.4 Å². The van der Waals surface area contributed by atoms with Gasteiger partial charge in [-0.05, 0) is 36.8 Å². The Balaban J connectivity index is 1.63. The second-order valence-corrected chi connectivity index (χ2v) is 5.81. The van der Waals surface area contributed by atoms with Gasteiger partial charge in [-0.15, -0.1) is 0 Å². The number of nitrogens with zero attached hydrogens (tertiary/aromatic N) is 2.